The molecule has 0 aromatic heterocycles. The molecule has 0 amide bonds. The van der Waals surface area contributed by atoms with Crippen LogP contribution in [0.3, 0.4) is 0 Å². The first-order valence-corrected chi connectivity index (χ1v) is 4.61. The van der Waals surface area contributed by atoms with Crippen LogP contribution in [-0.4, -0.2) is 0 Å². The van der Waals surface area contributed by atoms with E-state index in [1.54, 1.807) is 0 Å². The van der Waals surface area contributed by atoms with Gasteiger partial charge in [-0.3, -0.25) is 0 Å². The van der Waals surface area contributed by atoms with Crippen LogP contribution in [0.15, 0.2) is 24.3 Å². The molecule has 1 unspecified atom stereocenters. The molecule has 0 fully saturated rings. The molecule has 62 valence electrons. The van der Waals surface area contributed by atoms with Gasteiger partial charge in [0.1, 0.15) is 0 Å². The molecule has 0 nitrogen and oxygen atoms in total. The molecule has 0 heterocycles. The number of halogens is 1. The summed E-state index contributed by atoms with van der Waals surface area (Å²) in [6.07, 6.45) is 5.51. The molecule has 0 saturated heterocycles. The summed E-state index contributed by atoms with van der Waals surface area (Å²) >= 11 is 5.89. The maximum absolute atomic E-state index is 5.89. The molecule has 1 aromatic rings. The van der Waals surface area contributed by atoms with Gasteiger partial charge in [0.25, 0.3) is 0 Å². The van der Waals surface area contributed by atoms with Crippen molar-refractivity contribution < 1.29 is 0 Å². The van der Waals surface area contributed by atoms with Crippen LogP contribution >= 0.6 is 11.6 Å². The van der Waals surface area contributed by atoms with Gasteiger partial charge < -0.3 is 0 Å². The average Bonchev–Trinajstić information content (AvgIpc) is 2.04. The Bertz CT molecular complexity index is 326. The van der Waals surface area contributed by atoms with Crippen LogP contribution in [0.1, 0.15) is 30.4 Å². The maximum Gasteiger partial charge on any atom is 0.0412 e. The topological polar surface area (TPSA) is 0 Å². The third kappa shape index (κ3) is 1.27. The molecule has 0 saturated carbocycles. The summed E-state index contributed by atoms with van der Waals surface area (Å²) in [5.41, 5.74) is 2.70. The van der Waals surface area contributed by atoms with Gasteiger partial charge in [0.05, 0.1) is 0 Å². The van der Waals surface area contributed by atoms with E-state index in [2.05, 4.69) is 25.1 Å². The predicted molar refractivity (Wildman–Crippen MR) is 53.5 cm³/mol. The van der Waals surface area contributed by atoms with Gasteiger partial charge in [-0.1, -0.05) is 36.7 Å². The largest absolute Gasteiger partial charge is 0.0843 e. The van der Waals surface area contributed by atoms with E-state index in [1.165, 1.54) is 11.1 Å². The summed E-state index contributed by atoms with van der Waals surface area (Å²) in [6.45, 7) is 2.25. The monoisotopic (exact) mass is 178 g/mol. The summed E-state index contributed by atoms with van der Waals surface area (Å²) in [7, 11) is 0. The van der Waals surface area contributed by atoms with E-state index in [0.717, 1.165) is 11.4 Å². The molecule has 1 aliphatic rings. The first kappa shape index (κ1) is 7.88. The number of hydrogen-bond acceptors (Lipinski definition) is 0. The van der Waals surface area contributed by atoms with Gasteiger partial charge >= 0.3 is 0 Å². The van der Waals surface area contributed by atoms with Crippen molar-refractivity contribution in [3.05, 3.63) is 40.4 Å². The van der Waals surface area contributed by atoms with E-state index in [1.807, 2.05) is 12.1 Å². The zero-order valence-corrected chi connectivity index (χ0v) is 7.81. The van der Waals surface area contributed by atoms with Crippen LogP contribution in [0, 0.1) is 0 Å². The van der Waals surface area contributed by atoms with Crippen molar-refractivity contribution in [2.45, 2.75) is 19.3 Å². The summed E-state index contributed by atoms with van der Waals surface area (Å²) in [5.74, 6) is 0.641. The molecule has 1 heteroatoms. The summed E-state index contributed by atoms with van der Waals surface area (Å²) in [4.78, 5) is 0. The highest BCUT2D eigenvalue weighted by molar-refractivity contribution is 6.30. The summed E-state index contributed by atoms with van der Waals surface area (Å²) in [6, 6.07) is 6.13. The van der Waals surface area contributed by atoms with E-state index in [4.69, 9.17) is 11.6 Å². The molecule has 0 bridgehead atoms. The van der Waals surface area contributed by atoms with Gasteiger partial charge in [-0.15, -0.1) is 0 Å². The third-order valence-corrected chi connectivity index (χ3v) is 2.60. The minimum atomic E-state index is 0.641. The standard InChI is InChI=1S/C11H11Cl/c1-8-3-2-4-9-7-10(12)5-6-11(8)9/h2,4-8H,3H2,1H3. The van der Waals surface area contributed by atoms with Crippen molar-refractivity contribution in [3.63, 3.8) is 0 Å². The number of hydrogen-bond donors (Lipinski definition) is 0. The van der Waals surface area contributed by atoms with Crippen LogP contribution in [0.2, 0.25) is 5.02 Å². The van der Waals surface area contributed by atoms with Crippen molar-refractivity contribution >= 4 is 17.7 Å². The van der Waals surface area contributed by atoms with Crippen molar-refractivity contribution in [1.29, 1.82) is 0 Å². The van der Waals surface area contributed by atoms with Crippen LogP contribution in [0.25, 0.3) is 6.08 Å². The van der Waals surface area contributed by atoms with E-state index in [0.29, 0.717) is 5.92 Å². The van der Waals surface area contributed by atoms with Crippen LogP contribution in [0.5, 0.6) is 0 Å². The number of allylic oxidation sites excluding steroid dienone is 1. The molecule has 1 atom stereocenters. The van der Waals surface area contributed by atoms with E-state index in [-0.39, 0.29) is 0 Å². The lowest BCUT2D eigenvalue weighted by Crippen LogP contribution is -1.98. The van der Waals surface area contributed by atoms with E-state index >= 15 is 0 Å². The number of fused-ring (bicyclic) bond motifs is 1. The second-order valence-corrected chi connectivity index (χ2v) is 3.75. The highest BCUT2D eigenvalue weighted by atomic mass is 35.5. The Hall–Kier alpha value is -0.750. The first-order valence-electron chi connectivity index (χ1n) is 4.23. The van der Waals surface area contributed by atoms with Crippen LogP contribution < -0.4 is 0 Å². The number of benzene rings is 1. The lowest BCUT2D eigenvalue weighted by atomic mass is 9.89. The smallest absolute Gasteiger partial charge is 0.0412 e. The first-order chi connectivity index (χ1) is 5.77. The third-order valence-electron chi connectivity index (χ3n) is 2.37. The molecule has 0 aliphatic heterocycles. The molecule has 2 rings (SSSR count). The Morgan fingerprint density at radius 1 is 1.42 bits per heavy atom. The van der Waals surface area contributed by atoms with Crippen LogP contribution in [-0.2, 0) is 0 Å². The number of rotatable bonds is 0. The minimum Gasteiger partial charge on any atom is -0.0843 e. The predicted octanol–water partition coefficient (Wildman–Crippen LogP) is 3.86. The van der Waals surface area contributed by atoms with Gasteiger partial charge in [-0.2, -0.15) is 0 Å². The van der Waals surface area contributed by atoms with Gasteiger partial charge in [-0.25, -0.2) is 0 Å². The zero-order chi connectivity index (χ0) is 8.55. The molecule has 12 heavy (non-hydrogen) atoms. The maximum atomic E-state index is 5.89. The van der Waals surface area contributed by atoms with E-state index in [9.17, 15) is 0 Å². The molecule has 0 spiro atoms. The molecule has 1 aromatic carbocycles. The average molecular weight is 179 g/mol. The van der Waals surface area contributed by atoms with Gasteiger partial charge in [0.2, 0.25) is 0 Å². The quantitative estimate of drug-likeness (QED) is 0.566. The molecular weight excluding hydrogens is 168 g/mol. The normalized spacial score (nSPS) is 20.7. The van der Waals surface area contributed by atoms with Crippen molar-refractivity contribution in [3.8, 4) is 0 Å². The van der Waals surface area contributed by atoms with Crippen LogP contribution in [0.4, 0.5) is 0 Å². The summed E-state index contributed by atoms with van der Waals surface area (Å²) in [5, 5.41) is 0.826. The second-order valence-electron chi connectivity index (χ2n) is 3.31. The Kier molecular flexibility index (Phi) is 1.93. The van der Waals surface area contributed by atoms with E-state index < -0.39 is 0 Å². The molecule has 0 radical (unpaired) electrons. The van der Waals surface area contributed by atoms with Crippen molar-refractivity contribution in [1.82, 2.24) is 0 Å². The fourth-order valence-corrected chi connectivity index (χ4v) is 1.85. The lowest BCUT2D eigenvalue weighted by Gasteiger charge is -2.17. The highest BCUT2D eigenvalue weighted by Crippen LogP contribution is 2.30. The Labute approximate surface area is 77.9 Å². The Morgan fingerprint density at radius 3 is 3.08 bits per heavy atom. The SMILES string of the molecule is CC1CC=Cc2cc(Cl)ccc21. The minimum absolute atomic E-state index is 0.641. The molecule has 0 N–H and O–H groups in total. The van der Waals surface area contributed by atoms with Gasteiger partial charge in [0, 0.05) is 5.02 Å². The Balaban J connectivity index is 2.55. The summed E-state index contributed by atoms with van der Waals surface area (Å²) < 4.78 is 0. The van der Waals surface area contributed by atoms with Crippen molar-refractivity contribution in [2.75, 3.05) is 0 Å². The Morgan fingerprint density at radius 2 is 2.25 bits per heavy atom. The highest BCUT2D eigenvalue weighted by Gasteiger charge is 2.11. The van der Waals surface area contributed by atoms with Gasteiger partial charge in [0.15, 0.2) is 0 Å². The second kappa shape index (κ2) is 2.95. The fourth-order valence-electron chi connectivity index (χ4n) is 1.66. The lowest BCUT2D eigenvalue weighted by molar-refractivity contribution is 0.772. The van der Waals surface area contributed by atoms with Crippen molar-refractivity contribution in [2.24, 2.45) is 0 Å². The van der Waals surface area contributed by atoms with Gasteiger partial charge in [-0.05, 0) is 35.6 Å². The molecule has 1 aliphatic carbocycles. The zero-order valence-electron chi connectivity index (χ0n) is 7.05. The molecular formula is C11H11Cl. The fraction of sp³-hybridized carbons (Fsp3) is 0.273.